The van der Waals surface area contributed by atoms with Crippen LogP contribution in [0.3, 0.4) is 0 Å². The number of nitrogens with zero attached hydrogens (tertiary/aromatic N) is 6. The molecule has 3 aromatic rings. The molecular weight excluding hydrogens is 503 g/mol. The first-order valence-electron chi connectivity index (χ1n) is 13.3. The minimum absolute atomic E-state index is 0.00511. The van der Waals surface area contributed by atoms with Crippen LogP contribution >= 0.6 is 0 Å². The fourth-order valence-corrected chi connectivity index (χ4v) is 5.59. The van der Waals surface area contributed by atoms with Gasteiger partial charge < -0.3 is 20.6 Å². The number of carbonyl (C=O) groups excluding carboxylic acids is 1. The minimum Gasteiger partial charge on any atom is -0.393 e. The van der Waals surface area contributed by atoms with Crippen molar-refractivity contribution in [1.29, 1.82) is 0 Å². The number of benzene rings is 1. The summed E-state index contributed by atoms with van der Waals surface area (Å²) in [5, 5.41) is 15.9. The molecule has 1 aliphatic carbocycles. The van der Waals surface area contributed by atoms with Gasteiger partial charge in [-0.05, 0) is 44.9 Å². The normalized spacial score (nSPS) is 20.6. The number of nitrogens with one attached hydrogen (secondary N) is 2. The maximum atomic E-state index is 15.6. The minimum atomic E-state index is -0.510. The van der Waals surface area contributed by atoms with Gasteiger partial charge in [-0.3, -0.25) is 14.3 Å². The maximum absolute atomic E-state index is 15.6. The number of aliphatic hydroxyl groups excluding tert-OH is 1. The van der Waals surface area contributed by atoms with Crippen LogP contribution in [-0.4, -0.2) is 75.1 Å². The van der Waals surface area contributed by atoms with Gasteiger partial charge in [-0.15, -0.1) is 0 Å². The van der Waals surface area contributed by atoms with Crippen LogP contribution in [0.15, 0.2) is 28.0 Å². The summed E-state index contributed by atoms with van der Waals surface area (Å²) in [6, 6.07) is 5.45. The lowest BCUT2D eigenvalue weighted by Crippen LogP contribution is -2.47. The van der Waals surface area contributed by atoms with E-state index >= 15 is 4.39 Å². The van der Waals surface area contributed by atoms with Crippen LogP contribution in [0.1, 0.15) is 41.5 Å². The molecule has 0 atom stereocenters. The summed E-state index contributed by atoms with van der Waals surface area (Å²) in [7, 11) is 0. The van der Waals surface area contributed by atoms with E-state index in [1.54, 1.807) is 12.1 Å². The molecule has 1 saturated heterocycles. The molecule has 4 heterocycles. The van der Waals surface area contributed by atoms with Gasteiger partial charge in [-0.2, -0.15) is 4.98 Å². The van der Waals surface area contributed by atoms with E-state index in [9.17, 15) is 14.7 Å². The molecule has 0 spiro atoms. The van der Waals surface area contributed by atoms with Crippen molar-refractivity contribution in [2.75, 3.05) is 36.4 Å². The smallest absolute Gasteiger partial charge is 0.349 e. The summed E-state index contributed by atoms with van der Waals surface area (Å²) in [5.41, 5.74) is 2.83. The molecule has 12 heteroatoms. The molecule has 1 saturated carbocycles. The number of aliphatic imine (C=N–C) groups is 1. The number of piperazine rings is 1. The Bertz CT molecular complexity index is 1540. The fourth-order valence-electron chi connectivity index (χ4n) is 5.59. The highest BCUT2D eigenvalue weighted by molar-refractivity contribution is 6.06. The highest BCUT2D eigenvalue weighted by Gasteiger charge is 2.29. The molecule has 0 unspecified atom stereocenters. The van der Waals surface area contributed by atoms with Crippen LogP contribution in [-0.2, 0) is 13.1 Å². The summed E-state index contributed by atoms with van der Waals surface area (Å²) >= 11 is 0. The van der Waals surface area contributed by atoms with Crippen molar-refractivity contribution >= 4 is 40.3 Å². The van der Waals surface area contributed by atoms with Gasteiger partial charge in [0.2, 0.25) is 0 Å². The topological polar surface area (TPSA) is 128 Å². The standard InChI is InChI=1S/C27H31FN8O3/c1-3-36-25-22-20(29-14-30-25)10-16(23(28)24(22)33-27(36)39)13-34-6-8-35(9-7-34)21-5-4-19(31-15(21)2)26(38)32-17-11-18(37)12-17/h4-5,10,14,17-18,37H,3,6-9,11-13H2,1-2H3,(H,29,30)(H,32,38). The molecule has 2 aromatic heterocycles. The second-order valence-corrected chi connectivity index (χ2v) is 10.3. The van der Waals surface area contributed by atoms with Crippen molar-refractivity contribution in [3.05, 3.63) is 51.5 Å². The van der Waals surface area contributed by atoms with Crippen molar-refractivity contribution < 1.29 is 14.3 Å². The Morgan fingerprint density at radius 3 is 2.67 bits per heavy atom. The van der Waals surface area contributed by atoms with E-state index in [2.05, 4.69) is 35.4 Å². The van der Waals surface area contributed by atoms with E-state index in [0.717, 1.165) is 24.5 Å². The molecule has 3 N–H and O–H groups in total. The number of hydrogen-bond donors (Lipinski definition) is 3. The molecule has 3 aliphatic rings. The summed E-state index contributed by atoms with van der Waals surface area (Å²) in [6.45, 7) is 7.39. The Balaban J connectivity index is 1.14. The molecule has 39 heavy (non-hydrogen) atoms. The van der Waals surface area contributed by atoms with Crippen LogP contribution < -0.4 is 21.2 Å². The summed E-state index contributed by atoms with van der Waals surface area (Å²) in [6.07, 6.45) is 2.36. The third-order valence-electron chi connectivity index (χ3n) is 7.80. The monoisotopic (exact) mass is 534 g/mol. The number of amides is 1. The van der Waals surface area contributed by atoms with Gasteiger partial charge in [0.15, 0.2) is 5.82 Å². The van der Waals surface area contributed by atoms with Crippen molar-refractivity contribution in [1.82, 2.24) is 24.8 Å². The van der Waals surface area contributed by atoms with Crippen molar-refractivity contribution in [2.24, 2.45) is 4.99 Å². The zero-order valence-electron chi connectivity index (χ0n) is 21.9. The lowest BCUT2D eigenvalue weighted by atomic mass is 9.89. The van der Waals surface area contributed by atoms with Crippen LogP contribution in [0.4, 0.5) is 21.6 Å². The van der Waals surface area contributed by atoms with Crippen LogP contribution in [0.2, 0.25) is 0 Å². The fraction of sp³-hybridized carbons (Fsp3) is 0.444. The second kappa shape index (κ2) is 10.0. The predicted octanol–water partition coefficient (Wildman–Crippen LogP) is 1.92. The summed E-state index contributed by atoms with van der Waals surface area (Å²) < 4.78 is 17.0. The Morgan fingerprint density at radius 1 is 1.21 bits per heavy atom. The van der Waals surface area contributed by atoms with Crippen molar-refractivity contribution in [3.63, 3.8) is 0 Å². The van der Waals surface area contributed by atoms with Gasteiger partial charge in [-0.25, -0.2) is 19.2 Å². The zero-order chi connectivity index (χ0) is 27.3. The van der Waals surface area contributed by atoms with Crippen molar-refractivity contribution in [3.8, 4) is 0 Å². The first kappa shape index (κ1) is 25.4. The number of hydrogen-bond acceptors (Lipinski definition) is 9. The van der Waals surface area contributed by atoms with E-state index in [4.69, 9.17) is 0 Å². The van der Waals surface area contributed by atoms with Gasteiger partial charge in [0.25, 0.3) is 5.91 Å². The van der Waals surface area contributed by atoms with Crippen LogP contribution in [0.25, 0.3) is 10.9 Å². The molecule has 1 aromatic carbocycles. The number of halogens is 1. The zero-order valence-corrected chi connectivity index (χ0v) is 21.9. The molecule has 204 valence electrons. The third kappa shape index (κ3) is 4.63. The van der Waals surface area contributed by atoms with Crippen LogP contribution in [0.5, 0.6) is 0 Å². The SMILES string of the molecule is CCn1c2c3c(cc(CN4CCN(c5ccc(C(=O)NC6CC(O)C6)nc5C)CC4)c(F)c3nc1=O)NC=N2. The first-order valence-corrected chi connectivity index (χ1v) is 13.3. The second-order valence-electron chi connectivity index (χ2n) is 10.3. The van der Waals surface area contributed by atoms with E-state index in [-0.39, 0.29) is 23.6 Å². The van der Waals surface area contributed by atoms with Gasteiger partial charge in [0.05, 0.1) is 34.9 Å². The van der Waals surface area contributed by atoms with E-state index in [0.29, 0.717) is 67.2 Å². The molecule has 2 aliphatic heterocycles. The lowest BCUT2D eigenvalue weighted by molar-refractivity contribution is 0.0560. The van der Waals surface area contributed by atoms with Gasteiger partial charge in [-0.1, -0.05) is 0 Å². The summed E-state index contributed by atoms with van der Waals surface area (Å²) in [5.74, 6) is -0.282. The Morgan fingerprint density at radius 2 is 1.97 bits per heavy atom. The van der Waals surface area contributed by atoms with E-state index in [1.165, 1.54) is 10.9 Å². The molecule has 0 radical (unpaired) electrons. The third-order valence-corrected chi connectivity index (χ3v) is 7.80. The number of aryl methyl sites for hydroxylation is 1. The Hall–Kier alpha value is -3.90. The molecule has 0 bridgehead atoms. The Labute approximate surface area is 224 Å². The average Bonchev–Trinajstić information content (AvgIpc) is 2.91. The predicted molar refractivity (Wildman–Crippen MR) is 146 cm³/mol. The quantitative estimate of drug-likeness (QED) is 0.438. The van der Waals surface area contributed by atoms with Gasteiger partial charge in [0, 0.05) is 50.9 Å². The number of aliphatic hydroxyl groups is 1. The molecule has 2 fully saturated rings. The molecular formula is C27H31FN8O3. The largest absolute Gasteiger partial charge is 0.393 e. The summed E-state index contributed by atoms with van der Waals surface area (Å²) in [4.78, 5) is 42.3. The van der Waals surface area contributed by atoms with Crippen LogP contribution in [0, 0.1) is 12.7 Å². The van der Waals surface area contributed by atoms with E-state index in [1.807, 2.05) is 19.9 Å². The first-order chi connectivity index (χ1) is 18.8. The Kier molecular flexibility index (Phi) is 6.51. The van der Waals surface area contributed by atoms with Crippen molar-refractivity contribution in [2.45, 2.75) is 51.9 Å². The maximum Gasteiger partial charge on any atom is 0.349 e. The highest BCUT2D eigenvalue weighted by Crippen LogP contribution is 2.36. The lowest BCUT2D eigenvalue weighted by Gasteiger charge is -2.36. The molecule has 6 rings (SSSR count). The number of pyridine rings is 1. The van der Waals surface area contributed by atoms with Gasteiger partial charge in [0.1, 0.15) is 17.0 Å². The highest BCUT2D eigenvalue weighted by atomic mass is 19.1. The molecule has 1 amide bonds. The average molecular weight is 535 g/mol. The van der Waals surface area contributed by atoms with E-state index < -0.39 is 11.5 Å². The number of anilines is 2. The molecule has 11 nitrogen and oxygen atoms in total. The number of rotatable bonds is 6. The van der Waals surface area contributed by atoms with Gasteiger partial charge >= 0.3 is 5.69 Å². The number of aromatic nitrogens is 3. The number of carbonyl (C=O) groups is 1.